The molecule has 1 heterocycles. The van der Waals surface area contributed by atoms with Crippen LogP contribution >= 0.6 is 12.4 Å². The van der Waals surface area contributed by atoms with Crippen LogP contribution in [0.5, 0.6) is 0 Å². The van der Waals surface area contributed by atoms with Gasteiger partial charge in [0, 0.05) is 25.1 Å². The molecule has 0 unspecified atom stereocenters. The van der Waals surface area contributed by atoms with Crippen LogP contribution < -0.4 is 10.6 Å². The minimum absolute atomic E-state index is 0. The third-order valence-electron chi connectivity index (χ3n) is 4.17. The number of rotatable bonds is 7. The van der Waals surface area contributed by atoms with E-state index in [1.165, 1.54) is 0 Å². The number of halogens is 1. The van der Waals surface area contributed by atoms with Gasteiger partial charge in [-0.15, -0.1) is 12.4 Å². The summed E-state index contributed by atoms with van der Waals surface area (Å²) in [4.78, 5) is 12.3. The molecule has 0 radical (unpaired) electrons. The molecule has 23 heavy (non-hydrogen) atoms. The SMILES string of the molecule is CCCOCc1ccccc1CNC(=O)[C@H]1CCN[C@@H](C)C1.Cl. The first-order valence-corrected chi connectivity index (χ1v) is 8.36. The number of carbonyl (C=O) groups is 1. The van der Waals surface area contributed by atoms with Gasteiger partial charge in [-0.3, -0.25) is 4.79 Å². The largest absolute Gasteiger partial charge is 0.377 e. The second-order valence-electron chi connectivity index (χ2n) is 6.12. The van der Waals surface area contributed by atoms with Crippen molar-refractivity contribution >= 4 is 18.3 Å². The molecule has 0 bridgehead atoms. The molecule has 2 rings (SSSR count). The standard InChI is InChI=1S/C18H28N2O2.ClH/c1-3-10-22-13-17-7-5-4-6-16(17)12-20-18(21)15-8-9-19-14(2)11-15;/h4-7,14-15,19H,3,8-13H2,1-2H3,(H,20,21);1H/t14-,15-;/m0./s1. The molecule has 2 atom stereocenters. The van der Waals surface area contributed by atoms with E-state index in [1.54, 1.807) is 0 Å². The molecule has 1 aromatic rings. The van der Waals surface area contributed by atoms with Crippen LogP contribution in [0.2, 0.25) is 0 Å². The summed E-state index contributed by atoms with van der Waals surface area (Å²) >= 11 is 0. The van der Waals surface area contributed by atoms with Crippen LogP contribution in [-0.2, 0) is 22.7 Å². The Hall–Kier alpha value is -1.10. The molecule has 1 saturated heterocycles. The summed E-state index contributed by atoms with van der Waals surface area (Å²) in [5, 5.41) is 6.48. The van der Waals surface area contributed by atoms with E-state index in [0.717, 1.165) is 43.5 Å². The summed E-state index contributed by atoms with van der Waals surface area (Å²) in [5.41, 5.74) is 2.31. The van der Waals surface area contributed by atoms with E-state index in [9.17, 15) is 4.79 Å². The van der Waals surface area contributed by atoms with Gasteiger partial charge in [-0.05, 0) is 43.9 Å². The van der Waals surface area contributed by atoms with Crippen molar-refractivity contribution in [2.75, 3.05) is 13.2 Å². The van der Waals surface area contributed by atoms with E-state index in [1.807, 2.05) is 12.1 Å². The third-order valence-corrected chi connectivity index (χ3v) is 4.17. The topological polar surface area (TPSA) is 50.4 Å². The van der Waals surface area contributed by atoms with Crippen molar-refractivity contribution in [1.29, 1.82) is 0 Å². The fourth-order valence-electron chi connectivity index (χ4n) is 2.89. The zero-order valence-electron chi connectivity index (χ0n) is 14.1. The summed E-state index contributed by atoms with van der Waals surface area (Å²) in [6.45, 7) is 7.15. The smallest absolute Gasteiger partial charge is 0.223 e. The van der Waals surface area contributed by atoms with Gasteiger partial charge in [0.25, 0.3) is 0 Å². The van der Waals surface area contributed by atoms with E-state index in [0.29, 0.717) is 19.2 Å². The average Bonchev–Trinajstić information content (AvgIpc) is 2.54. The quantitative estimate of drug-likeness (QED) is 0.750. The van der Waals surface area contributed by atoms with Gasteiger partial charge < -0.3 is 15.4 Å². The Morgan fingerprint density at radius 3 is 2.78 bits per heavy atom. The number of piperidine rings is 1. The molecule has 1 aliphatic rings. The molecule has 5 heteroatoms. The molecule has 0 spiro atoms. The Balaban J connectivity index is 0.00000264. The lowest BCUT2D eigenvalue weighted by Gasteiger charge is -2.27. The van der Waals surface area contributed by atoms with Crippen LogP contribution in [0.3, 0.4) is 0 Å². The molecular formula is C18H29ClN2O2. The molecule has 1 amide bonds. The first-order chi connectivity index (χ1) is 10.7. The lowest BCUT2D eigenvalue weighted by molar-refractivity contribution is -0.126. The first-order valence-electron chi connectivity index (χ1n) is 8.36. The number of benzene rings is 1. The van der Waals surface area contributed by atoms with Gasteiger partial charge in [0.15, 0.2) is 0 Å². The van der Waals surface area contributed by atoms with E-state index in [-0.39, 0.29) is 24.2 Å². The van der Waals surface area contributed by atoms with Crippen LogP contribution in [0.25, 0.3) is 0 Å². The maximum atomic E-state index is 12.3. The minimum Gasteiger partial charge on any atom is -0.377 e. The Morgan fingerprint density at radius 1 is 1.35 bits per heavy atom. The number of nitrogens with one attached hydrogen (secondary N) is 2. The Kier molecular flexibility index (Phi) is 9.22. The van der Waals surface area contributed by atoms with Crippen molar-refractivity contribution in [2.45, 2.75) is 52.3 Å². The maximum absolute atomic E-state index is 12.3. The van der Waals surface area contributed by atoms with Crippen molar-refractivity contribution in [3.63, 3.8) is 0 Å². The zero-order chi connectivity index (χ0) is 15.8. The Morgan fingerprint density at radius 2 is 2.09 bits per heavy atom. The van der Waals surface area contributed by atoms with Crippen molar-refractivity contribution in [2.24, 2.45) is 5.92 Å². The summed E-state index contributed by atoms with van der Waals surface area (Å²) in [5.74, 6) is 0.317. The zero-order valence-corrected chi connectivity index (χ0v) is 15.0. The molecule has 0 aromatic heterocycles. The molecule has 0 aliphatic carbocycles. The monoisotopic (exact) mass is 340 g/mol. The highest BCUT2D eigenvalue weighted by atomic mass is 35.5. The number of amides is 1. The molecule has 4 nitrogen and oxygen atoms in total. The predicted molar refractivity (Wildman–Crippen MR) is 95.7 cm³/mol. The first kappa shape index (κ1) is 19.9. The van der Waals surface area contributed by atoms with Crippen molar-refractivity contribution in [3.8, 4) is 0 Å². The normalized spacial score (nSPS) is 20.6. The van der Waals surface area contributed by atoms with Gasteiger partial charge in [-0.25, -0.2) is 0 Å². The highest BCUT2D eigenvalue weighted by Gasteiger charge is 2.24. The van der Waals surface area contributed by atoms with Crippen LogP contribution in [0.15, 0.2) is 24.3 Å². The average molecular weight is 341 g/mol. The Bertz CT molecular complexity index is 482. The van der Waals surface area contributed by atoms with Gasteiger partial charge in [0.1, 0.15) is 0 Å². The Labute approximate surface area is 145 Å². The number of hydrogen-bond acceptors (Lipinski definition) is 3. The maximum Gasteiger partial charge on any atom is 0.223 e. The van der Waals surface area contributed by atoms with Crippen LogP contribution in [0, 0.1) is 5.92 Å². The van der Waals surface area contributed by atoms with Crippen molar-refractivity contribution in [3.05, 3.63) is 35.4 Å². The van der Waals surface area contributed by atoms with Gasteiger partial charge in [-0.1, -0.05) is 31.2 Å². The van der Waals surface area contributed by atoms with Crippen LogP contribution in [-0.4, -0.2) is 25.1 Å². The van der Waals surface area contributed by atoms with Crippen LogP contribution in [0.4, 0.5) is 0 Å². The number of carbonyl (C=O) groups excluding carboxylic acids is 1. The summed E-state index contributed by atoms with van der Waals surface area (Å²) in [6.07, 6.45) is 2.87. The van der Waals surface area contributed by atoms with E-state index >= 15 is 0 Å². The van der Waals surface area contributed by atoms with Crippen LogP contribution in [0.1, 0.15) is 44.2 Å². The van der Waals surface area contributed by atoms with Gasteiger partial charge in [0.05, 0.1) is 6.61 Å². The lowest BCUT2D eigenvalue weighted by Crippen LogP contribution is -2.42. The highest BCUT2D eigenvalue weighted by Crippen LogP contribution is 2.17. The highest BCUT2D eigenvalue weighted by molar-refractivity contribution is 5.85. The minimum atomic E-state index is 0. The number of hydrogen-bond donors (Lipinski definition) is 2. The molecule has 1 fully saturated rings. The van der Waals surface area contributed by atoms with Gasteiger partial charge in [0.2, 0.25) is 5.91 Å². The fraction of sp³-hybridized carbons (Fsp3) is 0.611. The van der Waals surface area contributed by atoms with E-state index in [2.05, 4.69) is 36.6 Å². The predicted octanol–water partition coefficient (Wildman–Crippen LogP) is 3.04. The lowest BCUT2D eigenvalue weighted by atomic mass is 9.92. The third kappa shape index (κ3) is 6.50. The molecule has 1 aliphatic heterocycles. The summed E-state index contributed by atoms with van der Waals surface area (Å²) < 4.78 is 5.63. The molecular weight excluding hydrogens is 312 g/mol. The van der Waals surface area contributed by atoms with Crippen molar-refractivity contribution in [1.82, 2.24) is 10.6 Å². The second-order valence-corrected chi connectivity index (χ2v) is 6.12. The molecule has 0 saturated carbocycles. The summed E-state index contributed by atoms with van der Waals surface area (Å²) in [7, 11) is 0. The second kappa shape index (κ2) is 10.6. The van der Waals surface area contributed by atoms with E-state index < -0.39 is 0 Å². The molecule has 130 valence electrons. The van der Waals surface area contributed by atoms with Crippen molar-refractivity contribution < 1.29 is 9.53 Å². The fourth-order valence-corrected chi connectivity index (χ4v) is 2.89. The van der Waals surface area contributed by atoms with Gasteiger partial charge in [-0.2, -0.15) is 0 Å². The number of ether oxygens (including phenoxy) is 1. The summed E-state index contributed by atoms with van der Waals surface area (Å²) in [6, 6.07) is 8.60. The molecule has 1 aromatic carbocycles. The molecule has 2 N–H and O–H groups in total. The van der Waals surface area contributed by atoms with Gasteiger partial charge >= 0.3 is 0 Å². The van der Waals surface area contributed by atoms with E-state index in [4.69, 9.17) is 4.74 Å².